The molecule has 2 nitrogen and oxygen atoms in total. The van der Waals surface area contributed by atoms with Crippen LogP contribution in [0.15, 0.2) is 6.33 Å². The molecule has 0 N–H and O–H groups in total. The molecule has 0 radical (unpaired) electrons. The van der Waals surface area contributed by atoms with Gasteiger partial charge in [0.15, 0.2) is 0 Å². The van der Waals surface area contributed by atoms with Crippen LogP contribution in [-0.4, -0.2) is 9.36 Å². The first-order chi connectivity index (χ1) is 9.88. The van der Waals surface area contributed by atoms with E-state index in [1.165, 1.54) is 82.1 Å². The van der Waals surface area contributed by atoms with Gasteiger partial charge in [0, 0.05) is 5.92 Å². The van der Waals surface area contributed by atoms with E-state index >= 15 is 0 Å². The Hall–Kier alpha value is -0.440. The summed E-state index contributed by atoms with van der Waals surface area (Å²) in [5.74, 6) is 0.672. The summed E-state index contributed by atoms with van der Waals surface area (Å²) in [5, 5.41) is 1.27. The molecular formula is C17H32N2S. The molecule has 0 atom stereocenters. The van der Waals surface area contributed by atoms with Crippen molar-refractivity contribution in [3.63, 3.8) is 0 Å². The van der Waals surface area contributed by atoms with E-state index in [9.17, 15) is 0 Å². The molecule has 1 rings (SSSR count). The average molecular weight is 297 g/mol. The maximum atomic E-state index is 4.45. The Balaban J connectivity index is 2.22. The second-order valence-electron chi connectivity index (χ2n) is 5.88. The first-order valence-corrected chi connectivity index (χ1v) is 9.42. The zero-order valence-corrected chi connectivity index (χ0v) is 14.3. The Morgan fingerprint density at radius 1 is 0.850 bits per heavy atom. The summed E-state index contributed by atoms with van der Waals surface area (Å²) < 4.78 is 4.19. The fourth-order valence-corrected chi connectivity index (χ4v) is 3.42. The van der Waals surface area contributed by atoms with Gasteiger partial charge in [0.1, 0.15) is 11.3 Å². The Morgan fingerprint density at radius 3 is 1.85 bits per heavy atom. The normalized spacial score (nSPS) is 11.3. The predicted octanol–water partition coefficient (Wildman–Crippen LogP) is 6.34. The van der Waals surface area contributed by atoms with Gasteiger partial charge in [-0.05, 0) is 24.4 Å². The third-order valence-electron chi connectivity index (χ3n) is 4.04. The zero-order valence-electron chi connectivity index (χ0n) is 13.4. The number of hydrogen-bond donors (Lipinski definition) is 0. The van der Waals surface area contributed by atoms with E-state index in [1.807, 2.05) is 0 Å². The second kappa shape index (κ2) is 12.3. The fourth-order valence-electron chi connectivity index (χ4n) is 2.74. The van der Waals surface area contributed by atoms with Crippen LogP contribution in [0, 0.1) is 0 Å². The lowest BCUT2D eigenvalue weighted by Gasteiger charge is -2.13. The van der Waals surface area contributed by atoms with Crippen molar-refractivity contribution < 1.29 is 0 Å². The molecule has 3 heteroatoms. The second-order valence-corrected chi connectivity index (χ2v) is 6.69. The van der Waals surface area contributed by atoms with E-state index in [0.717, 1.165) is 0 Å². The number of nitrogens with zero attached hydrogens (tertiary/aromatic N) is 2. The molecule has 0 unspecified atom stereocenters. The summed E-state index contributed by atoms with van der Waals surface area (Å²) in [5.41, 5.74) is 0. The van der Waals surface area contributed by atoms with Crippen LogP contribution in [0.3, 0.4) is 0 Å². The van der Waals surface area contributed by atoms with Crippen LogP contribution < -0.4 is 0 Å². The third kappa shape index (κ3) is 7.98. The van der Waals surface area contributed by atoms with Crippen LogP contribution in [0.25, 0.3) is 0 Å². The molecule has 0 aliphatic heterocycles. The maximum absolute atomic E-state index is 4.45. The lowest BCUT2D eigenvalue weighted by molar-refractivity contribution is 0.489. The van der Waals surface area contributed by atoms with E-state index in [-0.39, 0.29) is 0 Å². The quantitative estimate of drug-likeness (QED) is 0.397. The van der Waals surface area contributed by atoms with E-state index in [2.05, 4.69) is 23.2 Å². The zero-order chi connectivity index (χ0) is 14.5. The van der Waals surface area contributed by atoms with E-state index in [1.54, 1.807) is 17.9 Å². The van der Waals surface area contributed by atoms with Crippen LogP contribution in [0.1, 0.15) is 102 Å². The van der Waals surface area contributed by atoms with Crippen LogP contribution in [0.2, 0.25) is 0 Å². The highest BCUT2D eigenvalue weighted by atomic mass is 32.1. The first kappa shape index (κ1) is 17.6. The van der Waals surface area contributed by atoms with Crippen molar-refractivity contribution in [1.82, 2.24) is 9.36 Å². The van der Waals surface area contributed by atoms with Crippen molar-refractivity contribution in [2.24, 2.45) is 0 Å². The van der Waals surface area contributed by atoms with Crippen LogP contribution >= 0.6 is 11.5 Å². The molecule has 0 aliphatic carbocycles. The van der Waals surface area contributed by atoms with Gasteiger partial charge >= 0.3 is 0 Å². The molecule has 0 aliphatic rings. The molecule has 0 aromatic carbocycles. The van der Waals surface area contributed by atoms with E-state index in [0.29, 0.717) is 5.92 Å². The highest BCUT2D eigenvalue weighted by molar-refractivity contribution is 7.05. The number of rotatable bonds is 13. The van der Waals surface area contributed by atoms with E-state index < -0.39 is 0 Å². The van der Waals surface area contributed by atoms with Gasteiger partial charge in [-0.1, -0.05) is 78.1 Å². The summed E-state index contributed by atoms with van der Waals surface area (Å²) in [7, 11) is 0. The smallest absolute Gasteiger partial charge is 0.129 e. The Kier molecular flexibility index (Phi) is 10.8. The molecule has 0 fully saturated rings. The summed E-state index contributed by atoms with van der Waals surface area (Å²) >= 11 is 1.61. The largest absolute Gasteiger partial charge is 0.228 e. The molecule has 116 valence electrons. The van der Waals surface area contributed by atoms with Crippen molar-refractivity contribution in [1.29, 1.82) is 0 Å². The molecule has 1 aromatic rings. The van der Waals surface area contributed by atoms with Crippen molar-refractivity contribution in [2.45, 2.75) is 96.8 Å². The summed E-state index contributed by atoms with van der Waals surface area (Å²) in [6, 6.07) is 0. The number of aromatic nitrogens is 2. The van der Waals surface area contributed by atoms with Gasteiger partial charge in [-0.3, -0.25) is 0 Å². The molecule has 0 spiro atoms. The first-order valence-electron chi connectivity index (χ1n) is 8.65. The van der Waals surface area contributed by atoms with Crippen molar-refractivity contribution in [3.05, 3.63) is 11.3 Å². The number of unbranched alkanes of at least 4 members (excludes halogenated alkanes) is 8. The topological polar surface area (TPSA) is 25.8 Å². The van der Waals surface area contributed by atoms with Gasteiger partial charge in [0.25, 0.3) is 0 Å². The predicted molar refractivity (Wildman–Crippen MR) is 89.4 cm³/mol. The molecule has 0 amide bonds. The molecule has 0 saturated heterocycles. The third-order valence-corrected chi connectivity index (χ3v) is 4.87. The van der Waals surface area contributed by atoms with Gasteiger partial charge in [0.2, 0.25) is 0 Å². The lowest BCUT2D eigenvalue weighted by Crippen LogP contribution is -1.99. The SMILES string of the molecule is CCCCCCCC(CCCCCCC)c1ncns1. The molecule has 1 aromatic heterocycles. The molecule has 0 saturated carbocycles. The van der Waals surface area contributed by atoms with E-state index in [4.69, 9.17) is 0 Å². The Morgan fingerprint density at radius 2 is 1.40 bits per heavy atom. The van der Waals surface area contributed by atoms with Gasteiger partial charge < -0.3 is 0 Å². The van der Waals surface area contributed by atoms with Gasteiger partial charge in [-0.15, -0.1) is 0 Å². The van der Waals surface area contributed by atoms with Gasteiger partial charge in [-0.25, -0.2) is 4.98 Å². The van der Waals surface area contributed by atoms with Crippen molar-refractivity contribution in [2.75, 3.05) is 0 Å². The fraction of sp³-hybridized carbons (Fsp3) is 0.882. The monoisotopic (exact) mass is 296 g/mol. The molecular weight excluding hydrogens is 264 g/mol. The number of hydrogen-bond acceptors (Lipinski definition) is 3. The highest BCUT2D eigenvalue weighted by Gasteiger charge is 2.14. The molecule has 0 bridgehead atoms. The highest BCUT2D eigenvalue weighted by Crippen LogP contribution is 2.29. The lowest BCUT2D eigenvalue weighted by atomic mass is 9.95. The minimum atomic E-state index is 0.672. The molecule has 20 heavy (non-hydrogen) atoms. The summed E-state index contributed by atoms with van der Waals surface area (Å²) in [4.78, 5) is 4.45. The van der Waals surface area contributed by atoms with Crippen molar-refractivity contribution in [3.8, 4) is 0 Å². The summed E-state index contributed by atoms with van der Waals surface area (Å²) in [6.45, 7) is 4.56. The van der Waals surface area contributed by atoms with Gasteiger partial charge in [0.05, 0.1) is 0 Å². The molecule has 1 heterocycles. The minimum absolute atomic E-state index is 0.672. The Bertz CT molecular complexity index is 284. The van der Waals surface area contributed by atoms with Gasteiger partial charge in [-0.2, -0.15) is 4.37 Å². The standard InChI is InChI=1S/C17H32N2S/c1-3-5-7-9-11-13-16(17-18-15-19-20-17)14-12-10-8-6-4-2/h15-16H,3-14H2,1-2H3. The minimum Gasteiger partial charge on any atom is -0.228 e. The van der Waals surface area contributed by atoms with Crippen LogP contribution in [0.5, 0.6) is 0 Å². The maximum Gasteiger partial charge on any atom is 0.129 e. The van der Waals surface area contributed by atoms with Crippen LogP contribution in [0.4, 0.5) is 0 Å². The van der Waals surface area contributed by atoms with Crippen LogP contribution in [-0.2, 0) is 0 Å². The average Bonchev–Trinajstić information content (AvgIpc) is 2.98. The Labute approximate surface area is 129 Å². The summed E-state index contributed by atoms with van der Waals surface area (Å²) in [6.07, 6.45) is 18.1. The van der Waals surface area contributed by atoms with Crippen molar-refractivity contribution >= 4 is 11.5 Å².